The maximum atomic E-state index is 4.84. The van der Waals surface area contributed by atoms with E-state index >= 15 is 0 Å². The number of aromatic nitrogens is 4. The van der Waals surface area contributed by atoms with Crippen molar-refractivity contribution in [3.8, 4) is 0 Å². The second-order valence-corrected chi connectivity index (χ2v) is 8.23. The molecule has 0 aliphatic carbocycles. The van der Waals surface area contributed by atoms with E-state index in [4.69, 9.17) is 5.10 Å². The van der Waals surface area contributed by atoms with Crippen LogP contribution in [0.3, 0.4) is 0 Å². The molecule has 3 aromatic rings. The van der Waals surface area contributed by atoms with E-state index in [2.05, 4.69) is 78.0 Å². The summed E-state index contributed by atoms with van der Waals surface area (Å²) < 4.78 is 1.89. The molecule has 0 amide bonds. The molecule has 0 spiro atoms. The van der Waals surface area contributed by atoms with Crippen LogP contribution >= 0.6 is 0 Å². The Morgan fingerprint density at radius 3 is 2.15 bits per heavy atom. The molecule has 1 aliphatic heterocycles. The highest BCUT2D eigenvalue weighted by Gasteiger charge is 2.23. The van der Waals surface area contributed by atoms with E-state index in [1.54, 1.807) is 0 Å². The lowest BCUT2D eigenvalue weighted by molar-refractivity contribution is 0.525. The van der Waals surface area contributed by atoms with Gasteiger partial charge in [0.1, 0.15) is 5.82 Å². The van der Waals surface area contributed by atoms with Gasteiger partial charge in [-0.3, -0.25) is 0 Å². The van der Waals surface area contributed by atoms with Crippen molar-refractivity contribution in [3.05, 3.63) is 47.8 Å². The zero-order chi connectivity index (χ0) is 19.0. The molecule has 0 bridgehead atoms. The maximum Gasteiger partial charge on any atom is 0.178 e. The lowest BCUT2D eigenvalue weighted by atomic mass is 9.96. The van der Waals surface area contributed by atoms with Crippen molar-refractivity contribution in [2.45, 2.75) is 39.5 Å². The number of anilines is 2. The summed E-state index contributed by atoms with van der Waals surface area (Å²) in [6, 6.07) is 13.0. The average molecular weight is 364 g/mol. The molecule has 6 heteroatoms. The molecule has 3 heterocycles. The van der Waals surface area contributed by atoms with Gasteiger partial charge >= 0.3 is 0 Å². The Bertz CT molecular complexity index is 914. The molecule has 0 radical (unpaired) electrons. The fourth-order valence-electron chi connectivity index (χ4n) is 3.55. The number of rotatable bonds is 3. The second kappa shape index (κ2) is 6.83. The number of fused-ring (bicyclic) bond motifs is 1. The Morgan fingerprint density at radius 2 is 1.52 bits per heavy atom. The molecule has 27 heavy (non-hydrogen) atoms. The number of benzene rings is 1. The topological polar surface area (TPSA) is 49.6 Å². The highest BCUT2D eigenvalue weighted by atomic mass is 15.4. The van der Waals surface area contributed by atoms with E-state index in [0.717, 1.165) is 49.9 Å². The van der Waals surface area contributed by atoms with Gasteiger partial charge in [-0.25, -0.2) is 0 Å². The van der Waals surface area contributed by atoms with Gasteiger partial charge in [0.05, 0.1) is 0 Å². The number of hydrogen-bond donors (Lipinski definition) is 0. The summed E-state index contributed by atoms with van der Waals surface area (Å²) in [7, 11) is 0. The van der Waals surface area contributed by atoms with Gasteiger partial charge in [-0.1, -0.05) is 39.8 Å². The first-order valence-electron chi connectivity index (χ1n) is 9.77. The van der Waals surface area contributed by atoms with E-state index in [1.165, 1.54) is 11.3 Å². The Hall–Kier alpha value is -2.63. The molecule has 1 fully saturated rings. The fourth-order valence-corrected chi connectivity index (χ4v) is 3.55. The molecule has 4 rings (SSSR count). The minimum atomic E-state index is -0.0889. The predicted octanol–water partition coefficient (Wildman–Crippen LogP) is 3.31. The SMILES string of the molecule is CCc1ccc(N2CCN(c3ccc4nnc(C(C)(C)C)n4n3)CC2)cc1. The van der Waals surface area contributed by atoms with E-state index in [9.17, 15) is 0 Å². The molecule has 0 atom stereocenters. The number of nitrogens with zero attached hydrogens (tertiary/aromatic N) is 6. The van der Waals surface area contributed by atoms with Crippen molar-refractivity contribution in [2.75, 3.05) is 36.0 Å². The van der Waals surface area contributed by atoms with Crippen LogP contribution in [0.4, 0.5) is 11.5 Å². The molecule has 6 nitrogen and oxygen atoms in total. The minimum Gasteiger partial charge on any atom is -0.368 e. The van der Waals surface area contributed by atoms with Gasteiger partial charge in [-0.05, 0) is 36.2 Å². The summed E-state index contributed by atoms with van der Waals surface area (Å²) in [6.45, 7) is 12.5. The molecule has 1 saturated heterocycles. The molecule has 142 valence electrons. The molecular weight excluding hydrogens is 336 g/mol. The predicted molar refractivity (Wildman–Crippen MR) is 110 cm³/mol. The Labute approximate surface area is 160 Å². The summed E-state index contributed by atoms with van der Waals surface area (Å²) >= 11 is 0. The Morgan fingerprint density at radius 1 is 0.852 bits per heavy atom. The molecule has 0 saturated carbocycles. The fraction of sp³-hybridized carbons (Fsp3) is 0.476. The number of hydrogen-bond acceptors (Lipinski definition) is 5. The van der Waals surface area contributed by atoms with Crippen LogP contribution in [0, 0.1) is 0 Å². The van der Waals surface area contributed by atoms with Crippen molar-refractivity contribution in [1.82, 2.24) is 19.8 Å². The Kier molecular flexibility index (Phi) is 4.50. The molecule has 2 aromatic heterocycles. The van der Waals surface area contributed by atoms with Gasteiger partial charge < -0.3 is 9.80 Å². The van der Waals surface area contributed by atoms with Gasteiger partial charge in [-0.15, -0.1) is 15.3 Å². The van der Waals surface area contributed by atoms with Crippen LogP contribution in [-0.2, 0) is 11.8 Å². The van der Waals surface area contributed by atoms with Crippen LogP contribution in [0.1, 0.15) is 39.1 Å². The molecule has 0 N–H and O–H groups in total. The summed E-state index contributed by atoms with van der Waals surface area (Å²) in [5, 5.41) is 13.4. The molecule has 1 aromatic carbocycles. The minimum absolute atomic E-state index is 0.0889. The van der Waals surface area contributed by atoms with Crippen LogP contribution < -0.4 is 9.80 Å². The first kappa shape index (κ1) is 17.8. The van der Waals surface area contributed by atoms with E-state index < -0.39 is 0 Å². The van der Waals surface area contributed by atoms with Crippen molar-refractivity contribution in [3.63, 3.8) is 0 Å². The third-order valence-electron chi connectivity index (χ3n) is 5.23. The normalized spacial score (nSPS) is 15.6. The molecule has 0 unspecified atom stereocenters. The zero-order valence-corrected chi connectivity index (χ0v) is 16.7. The third-order valence-corrected chi connectivity index (χ3v) is 5.23. The number of piperazine rings is 1. The van der Waals surface area contributed by atoms with Gasteiger partial charge in [0, 0.05) is 37.3 Å². The lowest BCUT2D eigenvalue weighted by Crippen LogP contribution is -2.47. The average Bonchev–Trinajstić information content (AvgIpc) is 3.12. The van der Waals surface area contributed by atoms with Gasteiger partial charge in [0.15, 0.2) is 11.5 Å². The zero-order valence-electron chi connectivity index (χ0n) is 16.7. The van der Waals surface area contributed by atoms with Crippen molar-refractivity contribution >= 4 is 17.2 Å². The second-order valence-electron chi connectivity index (χ2n) is 8.23. The largest absolute Gasteiger partial charge is 0.368 e. The van der Waals surface area contributed by atoms with Gasteiger partial charge in [0.25, 0.3) is 0 Å². The van der Waals surface area contributed by atoms with Crippen LogP contribution in [0.15, 0.2) is 36.4 Å². The van der Waals surface area contributed by atoms with E-state index in [0.29, 0.717) is 0 Å². The summed E-state index contributed by atoms with van der Waals surface area (Å²) in [5.74, 6) is 1.89. The highest BCUT2D eigenvalue weighted by Crippen LogP contribution is 2.23. The van der Waals surface area contributed by atoms with E-state index in [1.807, 2.05) is 10.6 Å². The quantitative estimate of drug-likeness (QED) is 0.714. The maximum absolute atomic E-state index is 4.84. The smallest absolute Gasteiger partial charge is 0.178 e. The summed E-state index contributed by atoms with van der Waals surface area (Å²) in [4.78, 5) is 4.80. The molecule has 1 aliphatic rings. The lowest BCUT2D eigenvalue weighted by Gasteiger charge is -2.36. The van der Waals surface area contributed by atoms with Crippen LogP contribution in [0.5, 0.6) is 0 Å². The first-order chi connectivity index (χ1) is 13.0. The van der Waals surface area contributed by atoms with Gasteiger partial charge in [-0.2, -0.15) is 4.52 Å². The van der Waals surface area contributed by atoms with Crippen molar-refractivity contribution < 1.29 is 0 Å². The van der Waals surface area contributed by atoms with Crippen molar-refractivity contribution in [2.24, 2.45) is 0 Å². The van der Waals surface area contributed by atoms with Gasteiger partial charge in [0.2, 0.25) is 0 Å². The Balaban J connectivity index is 1.50. The monoisotopic (exact) mass is 364 g/mol. The number of aryl methyl sites for hydroxylation is 1. The van der Waals surface area contributed by atoms with E-state index in [-0.39, 0.29) is 5.41 Å². The van der Waals surface area contributed by atoms with Crippen LogP contribution in [0.25, 0.3) is 5.65 Å². The standard InChI is InChI=1S/C21H28N6/c1-5-16-6-8-17(9-7-16)25-12-14-26(15-13-25)19-11-10-18-22-23-20(21(2,3)4)27(18)24-19/h6-11H,5,12-15H2,1-4H3. The van der Waals surface area contributed by atoms with Crippen LogP contribution in [0.2, 0.25) is 0 Å². The summed E-state index contributed by atoms with van der Waals surface area (Å²) in [6.07, 6.45) is 1.09. The van der Waals surface area contributed by atoms with Crippen LogP contribution in [-0.4, -0.2) is 46.0 Å². The molecular formula is C21H28N6. The van der Waals surface area contributed by atoms with Crippen molar-refractivity contribution in [1.29, 1.82) is 0 Å². The third kappa shape index (κ3) is 3.48. The summed E-state index contributed by atoms with van der Waals surface area (Å²) in [5.41, 5.74) is 3.41. The highest BCUT2D eigenvalue weighted by molar-refractivity contribution is 5.51. The first-order valence-corrected chi connectivity index (χ1v) is 9.77.